The summed E-state index contributed by atoms with van der Waals surface area (Å²) >= 11 is 2.97. The van der Waals surface area contributed by atoms with Gasteiger partial charge in [-0.05, 0) is 48.9 Å². The number of aromatic nitrogens is 1. The highest BCUT2D eigenvalue weighted by Crippen LogP contribution is 2.30. The predicted octanol–water partition coefficient (Wildman–Crippen LogP) is 3.01. The molecule has 0 radical (unpaired) electrons. The Labute approximate surface area is 167 Å². The summed E-state index contributed by atoms with van der Waals surface area (Å²) in [6, 6.07) is 12.4. The average Bonchev–Trinajstić information content (AvgIpc) is 3.03. The summed E-state index contributed by atoms with van der Waals surface area (Å²) in [5.74, 6) is 0.0379. The van der Waals surface area contributed by atoms with Gasteiger partial charge in [-0.25, -0.2) is 9.37 Å². The number of thiazole rings is 1. The third kappa shape index (κ3) is 5.28. The normalized spacial score (nSPS) is 11.3. The highest BCUT2D eigenvalue weighted by Gasteiger charge is 2.21. The number of carbonyl (C=O) groups excluding carboxylic acids is 1. The van der Waals surface area contributed by atoms with Crippen molar-refractivity contribution in [1.82, 2.24) is 4.98 Å². The summed E-state index contributed by atoms with van der Waals surface area (Å²) in [6.07, 6.45) is 0. The maximum atomic E-state index is 13.0. The number of amides is 1. The van der Waals surface area contributed by atoms with Crippen LogP contribution in [0, 0.1) is 12.7 Å². The van der Waals surface area contributed by atoms with Gasteiger partial charge in [-0.2, -0.15) is 0 Å². The molecule has 7 heteroatoms. The first-order valence-corrected chi connectivity index (χ1v) is 10.6. The van der Waals surface area contributed by atoms with Crippen LogP contribution in [0.25, 0.3) is 10.2 Å². The van der Waals surface area contributed by atoms with Crippen LogP contribution in [0.5, 0.6) is 0 Å². The van der Waals surface area contributed by atoms with Crippen LogP contribution < -0.4 is 9.80 Å². The summed E-state index contributed by atoms with van der Waals surface area (Å²) < 4.78 is 14.1. The number of likely N-dealkylation sites (N-methyl/N-ethyl adjacent to an activating group) is 1. The number of quaternary nitrogens is 1. The molecule has 1 heterocycles. The minimum absolute atomic E-state index is 0.0151. The lowest BCUT2D eigenvalue weighted by Crippen LogP contribution is -3.06. The second-order valence-corrected chi connectivity index (χ2v) is 8.77. The largest absolute Gasteiger partial charge is 0.338 e. The van der Waals surface area contributed by atoms with Gasteiger partial charge in [0.05, 0.1) is 43.2 Å². The molecule has 0 atom stereocenters. The first-order valence-electron chi connectivity index (χ1n) is 8.77. The number of halogens is 1. The van der Waals surface area contributed by atoms with Crippen molar-refractivity contribution >= 4 is 44.4 Å². The van der Waals surface area contributed by atoms with Crippen LogP contribution in [-0.2, 0) is 4.79 Å². The van der Waals surface area contributed by atoms with E-state index in [0.29, 0.717) is 12.3 Å². The molecule has 0 aliphatic rings. The van der Waals surface area contributed by atoms with Crippen molar-refractivity contribution in [2.75, 3.05) is 37.8 Å². The van der Waals surface area contributed by atoms with Gasteiger partial charge in [0.25, 0.3) is 0 Å². The molecule has 0 saturated heterocycles. The van der Waals surface area contributed by atoms with Crippen LogP contribution in [0.3, 0.4) is 0 Å². The molecule has 0 unspecified atom stereocenters. The Bertz CT molecular complexity index is 925. The Balaban J connectivity index is 1.78. The van der Waals surface area contributed by atoms with Gasteiger partial charge in [-0.3, -0.25) is 9.69 Å². The van der Waals surface area contributed by atoms with Gasteiger partial charge >= 0.3 is 0 Å². The third-order valence-corrected chi connectivity index (χ3v) is 6.11. The fraction of sp³-hybridized carbons (Fsp3) is 0.300. The zero-order valence-electron chi connectivity index (χ0n) is 15.7. The second-order valence-electron chi connectivity index (χ2n) is 6.71. The van der Waals surface area contributed by atoms with Crippen molar-refractivity contribution in [1.29, 1.82) is 0 Å². The maximum absolute atomic E-state index is 13.0. The van der Waals surface area contributed by atoms with Crippen LogP contribution >= 0.6 is 23.1 Å². The molecule has 0 bridgehead atoms. The summed E-state index contributed by atoms with van der Waals surface area (Å²) in [4.78, 5) is 21.5. The fourth-order valence-electron chi connectivity index (χ4n) is 2.55. The molecule has 3 aromatic rings. The molecule has 0 fully saturated rings. The van der Waals surface area contributed by atoms with Crippen molar-refractivity contribution in [2.24, 2.45) is 0 Å². The SMILES string of the molecule is Cc1ccc2nc(N(CC[NH+](C)C)C(=O)CSc3ccc(F)cc3)sc2c1. The van der Waals surface area contributed by atoms with E-state index in [1.54, 1.807) is 28.4 Å². The predicted molar refractivity (Wildman–Crippen MR) is 112 cm³/mol. The fourth-order valence-corrected chi connectivity index (χ4v) is 4.43. The first kappa shape index (κ1) is 19.8. The lowest BCUT2D eigenvalue weighted by Gasteiger charge is -2.20. The van der Waals surface area contributed by atoms with Gasteiger partial charge in [-0.15, -0.1) is 11.8 Å². The number of benzene rings is 2. The number of aryl methyl sites for hydroxylation is 1. The molecule has 0 spiro atoms. The molecule has 1 amide bonds. The molecule has 4 nitrogen and oxygen atoms in total. The number of thioether (sulfide) groups is 1. The van der Waals surface area contributed by atoms with Crippen LogP contribution in [-0.4, -0.2) is 43.8 Å². The first-order chi connectivity index (χ1) is 12.9. The van der Waals surface area contributed by atoms with Crippen molar-refractivity contribution in [3.05, 3.63) is 53.8 Å². The molecule has 0 saturated carbocycles. The van der Waals surface area contributed by atoms with Gasteiger partial charge in [0.15, 0.2) is 5.13 Å². The van der Waals surface area contributed by atoms with E-state index >= 15 is 0 Å². The van der Waals surface area contributed by atoms with Gasteiger partial charge in [-0.1, -0.05) is 17.4 Å². The van der Waals surface area contributed by atoms with Crippen molar-refractivity contribution in [3.8, 4) is 0 Å². The van der Waals surface area contributed by atoms with E-state index in [1.807, 2.05) is 12.1 Å². The Kier molecular flexibility index (Phi) is 6.46. The summed E-state index contributed by atoms with van der Waals surface area (Å²) in [6.45, 7) is 3.50. The molecule has 27 heavy (non-hydrogen) atoms. The van der Waals surface area contributed by atoms with Crippen molar-refractivity contribution < 1.29 is 14.1 Å². The summed E-state index contributed by atoms with van der Waals surface area (Å²) in [7, 11) is 4.13. The minimum Gasteiger partial charge on any atom is -0.338 e. The molecule has 1 aromatic heterocycles. The second kappa shape index (κ2) is 8.82. The van der Waals surface area contributed by atoms with E-state index in [-0.39, 0.29) is 11.7 Å². The van der Waals surface area contributed by atoms with Gasteiger partial charge < -0.3 is 4.90 Å². The smallest absolute Gasteiger partial charge is 0.239 e. The average molecular weight is 405 g/mol. The number of nitrogens with zero attached hydrogens (tertiary/aromatic N) is 2. The highest BCUT2D eigenvalue weighted by atomic mass is 32.2. The van der Waals surface area contributed by atoms with Gasteiger partial charge in [0, 0.05) is 4.90 Å². The molecule has 0 aliphatic carbocycles. The Morgan fingerprint density at radius 1 is 1.22 bits per heavy atom. The number of hydrogen-bond donors (Lipinski definition) is 1. The molecular weight excluding hydrogens is 381 g/mol. The number of rotatable bonds is 7. The van der Waals surface area contributed by atoms with Gasteiger partial charge in [0.2, 0.25) is 5.91 Å². The molecule has 1 N–H and O–H groups in total. The lowest BCUT2D eigenvalue weighted by atomic mass is 10.2. The molecule has 2 aromatic carbocycles. The van der Waals surface area contributed by atoms with Crippen LogP contribution in [0.2, 0.25) is 0 Å². The summed E-state index contributed by atoms with van der Waals surface area (Å²) in [5, 5.41) is 0.738. The highest BCUT2D eigenvalue weighted by molar-refractivity contribution is 8.00. The van der Waals surface area contributed by atoms with E-state index in [2.05, 4.69) is 32.1 Å². The van der Waals surface area contributed by atoms with Crippen LogP contribution in [0.15, 0.2) is 47.4 Å². The zero-order chi connectivity index (χ0) is 19.4. The summed E-state index contributed by atoms with van der Waals surface area (Å²) in [5.41, 5.74) is 2.10. The van der Waals surface area contributed by atoms with Crippen LogP contribution in [0.1, 0.15) is 5.56 Å². The molecular formula is C20H23FN3OS2+. The Morgan fingerprint density at radius 3 is 2.67 bits per heavy atom. The molecule has 142 valence electrons. The number of nitrogens with one attached hydrogen (secondary N) is 1. The zero-order valence-corrected chi connectivity index (χ0v) is 17.3. The number of hydrogen-bond acceptors (Lipinski definition) is 4. The lowest BCUT2D eigenvalue weighted by molar-refractivity contribution is -0.856. The van der Waals surface area contributed by atoms with E-state index in [4.69, 9.17) is 0 Å². The van der Waals surface area contributed by atoms with Crippen molar-refractivity contribution in [2.45, 2.75) is 11.8 Å². The van der Waals surface area contributed by atoms with Gasteiger partial charge in [0.1, 0.15) is 5.82 Å². The van der Waals surface area contributed by atoms with E-state index < -0.39 is 0 Å². The Hall–Kier alpha value is -1.96. The van der Waals surface area contributed by atoms with E-state index in [9.17, 15) is 9.18 Å². The van der Waals surface area contributed by atoms with Crippen LogP contribution in [0.4, 0.5) is 9.52 Å². The quantitative estimate of drug-likeness (QED) is 0.615. The van der Waals surface area contributed by atoms with Crippen molar-refractivity contribution in [3.63, 3.8) is 0 Å². The van der Waals surface area contributed by atoms with E-state index in [1.165, 1.54) is 34.4 Å². The topological polar surface area (TPSA) is 37.6 Å². The number of anilines is 1. The minimum atomic E-state index is -0.272. The number of carbonyl (C=O) groups is 1. The molecule has 3 rings (SSSR count). The monoisotopic (exact) mass is 404 g/mol. The number of fused-ring (bicyclic) bond motifs is 1. The third-order valence-electron chi connectivity index (χ3n) is 4.08. The maximum Gasteiger partial charge on any atom is 0.239 e. The van der Waals surface area contributed by atoms with E-state index in [0.717, 1.165) is 26.8 Å². The molecule has 0 aliphatic heterocycles. The standard InChI is InChI=1S/C20H22FN3OS2/c1-14-4-9-17-18(12-14)27-20(22-17)24(11-10-23(2)3)19(25)13-26-16-7-5-15(21)6-8-16/h4-9,12H,10-11,13H2,1-3H3/p+1. The Morgan fingerprint density at radius 2 is 1.96 bits per heavy atom.